The summed E-state index contributed by atoms with van der Waals surface area (Å²) in [6.07, 6.45) is 2.23. The van der Waals surface area contributed by atoms with Gasteiger partial charge < -0.3 is 14.2 Å². The Hall–Kier alpha value is -1.24. The van der Waals surface area contributed by atoms with E-state index in [9.17, 15) is 9.59 Å². The van der Waals surface area contributed by atoms with Gasteiger partial charge in [-0.05, 0) is 6.42 Å². The summed E-state index contributed by atoms with van der Waals surface area (Å²) in [4.78, 5) is 24.6. The molecular weight excluding hydrogens is 238 g/mol. The lowest BCUT2D eigenvalue weighted by Crippen LogP contribution is -2.47. The number of rotatable bonds is 4. The van der Waals surface area contributed by atoms with Crippen LogP contribution in [0.4, 0.5) is 0 Å². The number of hydrogen-bond acceptors (Lipinski definition) is 5. The second-order valence-corrected chi connectivity index (χ2v) is 4.36. The third-order valence-corrected chi connectivity index (χ3v) is 3.57. The van der Waals surface area contributed by atoms with Crippen molar-refractivity contribution >= 4 is 11.8 Å². The molecule has 1 heterocycles. The molecule has 1 fully saturated rings. The Labute approximate surface area is 105 Å². The zero-order valence-electron chi connectivity index (χ0n) is 10.7. The lowest BCUT2D eigenvalue weighted by molar-refractivity contribution is -0.143. The highest BCUT2D eigenvalue weighted by molar-refractivity contribution is 6.13. The molecule has 0 spiro atoms. The van der Waals surface area contributed by atoms with Gasteiger partial charge in [0.15, 0.2) is 0 Å². The summed E-state index contributed by atoms with van der Waals surface area (Å²) >= 11 is 0. The van der Waals surface area contributed by atoms with Crippen LogP contribution in [0.2, 0.25) is 0 Å². The number of amides is 2. The van der Waals surface area contributed by atoms with Crippen LogP contribution in [-0.2, 0) is 23.8 Å². The van der Waals surface area contributed by atoms with Crippen LogP contribution in [0.5, 0.6) is 0 Å². The molecule has 0 N–H and O–H groups in total. The van der Waals surface area contributed by atoms with E-state index in [0.29, 0.717) is 6.42 Å². The van der Waals surface area contributed by atoms with Gasteiger partial charge >= 0.3 is 0 Å². The number of imide groups is 1. The summed E-state index contributed by atoms with van der Waals surface area (Å²) in [5, 5.41) is 0. The van der Waals surface area contributed by atoms with Crippen molar-refractivity contribution in [3.8, 4) is 0 Å². The third kappa shape index (κ3) is 1.96. The van der Waals surface area contributed by atoms with Crippen molar-refractivity contribution in [2.24, 2.45) is 0 Å². The van der Waals surface area contributed by atoms with Crippen molar-refractivity contribution in [3.63, 3.8) is 0 Å². The highest BCUT2D eigenvalue weighted by atomic mass is 16.6. The van der Waals surface area contributed by atoms with E-state index in [0.717, 1.165) is 0 Å². The maximum atomic E-state index is 11.7. The van der Waals surface area contributed by atoms with Crippen LogP contribution in [0.3, 0.4) is 0 Å². The largest absolute Gasteiger partial charge is 0.379 e. The molecule has 0 radical (unpaired) electrons. The van der Waals surface area contributed by atoms with E-state index in [1.165, 1.54) is 17.1 Å². The number of carbonyl (C=O) groups excluding carboxylic acids is 2. The minimum absolute atomic E-state index is 0.189. The van der Waals surface area contributed by atoms with Crippen LogP contribution in [0.1, 0.15) is 6.42 Å². The van der Waals surface area contributed by atoms with Gasteiger partial charge in [0, 0.05) is 33.5 Å². The fraction of sp³-hybridized carbons (Fsp3) is 0.667. The Morgan fingerprint density at radius 2 is 1.56 bits per heavy atom. The molecule has 0 aromatic heterocycles. The summed E-state index contributed by atoms with van der Waals surface area (Å²) in [6.45, 7) is 0. The van der Waals surface area contributed by atoms with Gasteiger partial charge in [0.05, 0.1) is 12.1 Å². The zero-order chi connectivity index (χ0) is 13.3. The highest BCUT2D eigenvalue weighted by Gasteiger charge is 2.50. The average Bonchev–Trinajstić information content (AvgIpc) is 2.88. The lowest BCUT2D eigenvalue weighted by atomic mass is 10.1. The summed E-state index contributed by atoms with van der Waals surface area (Å²) in [5.41, 5.74) is 0. The van der Waals surface area contributed by atoms with Crippen LogP contribution in [-0.4, -0.2) is 62.4 Å². The quantitative estimate of drug-likeness (QED) is 0.647. The van der Waals surface area contributed by atoms with E-state index in [1.807, 2.05) is 0 Å². The second-order valence-electron chi connectivity index (χ2n) is 4.36. The van der Waals surface area contributed by atoms with E-state index in [1.54, 1.807) is 21.3 Å². The molecule has 0 bridgehead atoms. The van der Waals surface area contributed by atoms with Crippen molar-refractivity contribution in [3.05, 3.63) is 12.2 Å². The minimum Gasteiger partial charge on any atom is -0.379 e. The fourth-order valence-corrected chi connectivity index (χ4v) is 2.74. The van der Waals surface area contributed by atoms with Crippen LogP contribution in [0.25, 0.3) is 0 Å². The van der Waals surface area contributed by atoms with E-state index in [4.69, 9.17) is 14.2 Å². The average molecular weight is 255 g/mol. The number of carbonyl (C=O) groups is 2. The molecule has 0 saturated heterocycles. The van der Waals surface area contributed by atoms with E-state index >= 15 is 0 Å². The smallest absolute Gasteiger partial charge is 0.253 e. The normalized spacial score (nSPS) is 35.8. The first kappa shape index (κ1) is 13.2. The number of hydrogen-bond donors (Lipinski definition) is 0. The van der Waals surface area contributed by atoms with E-state index in [-0.39, 0.29) is 36.2 Å². The van der Waals surface area contributed by atoms with Crippen LogP contribution in [0, 0.1) is 0 Å². The predicted molar refractivity (Wildman–Crippen MR) is 61.8 cm³/mol. The Balaban J connectivity index is 2.22. The number of methoxy groups -OCH3 is 3. The molecule has 1 aliphatic heterocycles. The molecule has 6 nitrogen and oxygen atoms in total. The molecule has 2 amide bonds. The Bertz CT molecular complexity index is 363. The summed E-state index contributed by atoms with van der Waals surface area (Å²) < 4.78 is 16.1. The zero-order valence-corrected chi connectivity index (χ0v) is 10.7. The number of nitrogens with zero attached hydrogens (tertiary/aromatic N) is 1. The molecular formula is C12H17NO5. The maximum absolute atomic E-state index is 11.7. The Kier molecular flexibility index (Phi) is 3.79. The molecule has 2 aliphatic rings. The van der Waals surface area contributed by atoms with Crippen LogP contribution in [0.15, 0.2) is 12.2 Å². The van der Waals surface area contributed by atoms with Gasteiger partial charge in [-0.1, -0.05) is 0 Å². The molecule has 18 heavy (non-hydrogen) atoms. The van der Waals surface area contributed by atoms with Gasteiger partial charge in [-0.25, -0.2) is 0 Å². The van der Waals surface area contributed by atoms with Gasteiger partial charge in [0.1, 0.15) is 12.2 Å². The second kappa shape index (κ2) is 5.17. The van der Waals surface area contributed by atoms with Gasteiger partial charge in [-0.15, -0.1) is 0 Å². The van der Waals surface area contributed by atoms with Gasteiger partial charge in [-0.3, -0.25) is 14.5 Å². The molecule has 4 atom stereocenters. The maximum Gasteiger partial charge on any atom is 0.253 e. The van der Waals surface area contributed by atoms with E-state index < -0.39 is 0 Å². The number of ether oxygens (including phenoxy) is 3. The van der Waals surface area contributed by atoms with Crippen molar-refractivity contribution in [2.45, 2.75) is 30.8 Å². The third-order valence-electron chi connectivity index (χ3n) is 3.57. The Morgan fingerprint density at radius 1 is 1.00 bits per heavy atom. The molecule has 1 saturated carbocycles. The van der Waals surface area contributed by atoms with Crippen molar-refractivity contribution < 1.29 is 23.8 Å². The van der Waals surface area contributed by atoms with Crippen molar-refractivity contribution in [1.82, 2.24) is 4.90 Å². The van der Waals surface area contributed by atoms with E-state index in [2.05, 4.69) is 0 Å². The van der Waals surface area contributed by atoms with Crippen LogP contribution >= 0.6 is 0 Å². The first-order valence-corrected chi connectivity index (χ1v) is 5.77. The topological polar surface area (TPSA) is 65.1 Å². The van der Waals surface area contributed by atoms with Crippen LogP contribution < -0.4 is 0 Å². The minimum atomic E-state index is -0.368. The molecule has 0 aromatic carbocycles. The van der Waals surface area contributed by atoms with Gasteiger partial charge in [0.2, 0.25) is 0 Å². The molecule has 0 unspecified atom stereocenters. The predicted octanol–water partition coefficient (Wildman–Crippen LogP) is -0.271. The SMILES string of the molecule is CO[C@@H]1[C@@H](OC)[C@@H](N2C(=O)C=CC2=O)C[C@@H]1OC. The van der Waals surface area contributed by atoms with Crippen molar-refractivity contribution in [1.29, 1.82) is 0 Å². The van der Waals surface area contributed by atoms with Gasteiger partial charge in [0.25, 0.3) is 11.8 Å². The van der Waals surface area contributed by atoms with Crippen molar-refractivity contribution in [2.75, 3.05) is 21.3 Å². The molecule has 100 valence electrons. The Morgan fingerprint density at radius 3 is 2.00 bits per heavy atom. The fourth-order valence-electron chi connectivity index (χ4n) is 2.74. The first-order chi connectivity index (χ1) is 8.63. The summed E-state index contributed by atoms with van der Waals surface area (Å²) in [7, 11) is 4.69. The summed E-state index contributed by atoms with van der Waals surface area (Å²) in [5.74, 6) is -0.614. The highest BCUT2D eigenvalue weighted by Crippen LogP contribution is 2.32. The summed E-state index contributed by atoms with van der Waals surface area (Å²) in [6, 6.07) is -0.347. The molecule has 2 rings (SSSR count). The van der Waals surface area contributed by atoms with Gasteiger partial charge in [-0.2, -0.15) is 0 Å². The molecule has 6 heteroatoms. The lowest BCUT2D eigenvalue weighted by Gasteiger charge is -2.28. The molecule has 0 aromatic rings. The molecule has 1 aliphatic carbocycles. The monoisotopic (exact) mass is 255 g/mol. The standard InChI is InChI=1S/C12H17NO5/c1-16-8-6-7(11(17-2)12(8)18-3)13-9(14)4-5-10(13)15/h4-5,7-8,11-12H,6H2,1-3H3/t7-,8-,11-,12-/m0/s1. The first-order valence-electron chi connectivity index (χ1n) is 5.77.